The smallest absolute Gasteiger partial charge is 0.284 e. The predicted octanol–water partition coefficient (Wildman–Crippen LogP) is 5.55. The second-order valence-corrected chi connectivity index (χ2v) is 9.24. The fourth-order valence-electron chi connectivity index (χ4n) is 6.91. The molecule has 2 aromatic carbocycles. The highest BCUT2D eigenvalue weighted by atomic mass is 16.5. The molecule has 2 aromatic heterocycles. The van der Waals surface area contributed by atoms with Crippen molar-refractivity contribution in [2.75, 3.05) is 7.11 Å². The molecule has 2 aliphatic rings. The summed E-state index contributed by atoms with van der Waals surface area (Å²) in [5.74, 6) is 0.978. The maximum Gasteiger partial charge on any atom is 0.284 e. The van der Waals surface area contributed by atoms with E-state index in [0.717, 1.165) is 18.6 Å². The SMILES string of the molecule is CCC1(CC)[n+]2ccccc2-c2ccccc2C12c1ccc(C)c(OC)c1-c1cccc[n+]12. The Morgan fingerprint density at radius 1 is 0.727 bits per heavy atom. The molecule has 164 valence electrons. The third-order valence-corrected chi connectivity index (χ3v) is 8.18. The quantitative estimate of drug-likeness (QED) is 0.387. The van der Waals surface area contributed by atoms with Gasteiger partial charge in [-0.2, -0.15) is 9.13 Å². The minimum Gasteiger partial charge on any atom is -0.496 e. The molecular weight excluding hydrogens is 404 g/mol. The largest absolute Gasteiger partial charge is 0.496 e. The molecule has 0 saturated carbocycles. The van der Waals surface area contributed by atoms with Crippen LogP contribution in [0.3, 0.4) is 0 Å². The van der Waals surface area contributed by atoms with Crippen LogP contribution >= 0.6 is 0 Å². The van der Waals surface area contributed by atoms with Crippen LogP contribution in [0.5, 0.6) is 5.75 Å². The van der Waals surface area contributed by atoms with Gasteiger partial charge in [0.1, 0.15) is 5.75 Å². The number of rotatable bonds is 3. The van der Waals surface area contributed by atoms with Gasteiger partial charge in [-0.3, -0.25) is 0 Å². The first kappa shape index (κ1) is 20.2. The number of methoxy groups -OCH3 is 1. The van der Waals surface area contributed by atoms with E-state index in [1.165, 1.54) is 39.2 Å². The normalized spacial score (nSPS) is 18.9. The van der Waals surface area contributed by atoms with Gasteiger partial charge in [0.05, 0.1) is 23.8 Å². The average Bonchev–Trinajstić information content (AvgIpc) is 3.17. The van der Waals surface area contributed by atoms with Gasteiger partial charge < -0.3 is 4.74 Å². The number of ether oxygens (including phenoxy) is 1. The molecule has 1 unspecified atom stereocenters. The first-order valence-corrected chi connectivity index (χ1v) is 12.0. The van der Waals surface area contributed by atoms with Gasteiger partial charge >= 0.3 is 0 Å². The third-order valence-electron chi connectivity index (χ3n) is 8.18. The molecular formula is C30H30N2O+2. The number of fused-ring (bicyclic) bond motifs is 9. The number of aromatic nitrogens is 2. The van der Waals surface area contributed by atoms with Crippen molar-refractivity contribution in [3.63, 3.8) is 0 Å². The lowest BCUT2D eigenvalue weighted by atomic mass is 9.61. The molecule has 0 radical (unpaired) electrons. The van der Waals surface area contributed by atoms with E-state index in [4.69, 9.17) is 4.74 Å². The van der Waals surface area contributed by atoms with Crippen LogP contribution in [-0.2, 0) is 11.1 Å². The molecule has 3 nitrogen and oxygen atoms in total. The van der Waals surface area contributed by atoms with Crippen LogP contribution in [0.25, 0.3) is 22.5 Å². The molecule has 33 heavy (non-hydrogen) atoms. The van der Waals surface area contributed by atoms with Crippen LogP contribution in [0.15, 0.2) is 85.2 Å². The number of aryl methyl sites for hydroxylation is 1. The lowest BCUT2D eigenvalue weighted by Gasteiger charge is -2.43. The van der Waals surface area contributed by atoms with Crippen LogP contribution < -0.4 is 13.9 Å². The molecule has 0 aliphatic carbocycles. The first-order valence-electron chi connectivity index (χ1n) is 12.0. The van der Waals surface area contributed by atoms with Crippen molar-refractivity contribution in [3.05, 3.63) is 102 Å². The molecule has 0 amide bonds. The van der Waals surface area contributed by atoms with Gasteiger partial charge in [-0.1, -0.05) is 38.1 Å². The maximum atomic E-state index is 6.05. The Hall–Kier alpha value is -3.46. The van der Waals surface area contributed by atoms with Gasteiger partial charge in [0.25, 0.3) is 5.54 Å². The Morgan fingerprint density at radius 2 is 1.39 bits per heavy atom. The summed E-state index contributed by atoms with van der Waals surface area (Å²) in [7, 11) is 1.80. The van der Waals surface area contributed by atoms with Crippen LogP contribution in [0.1, 0.15) is 43.4 Å². The molecule has 0 bridgehead atoms. The van der Waals surface area contributed by atoms with Gasteiger partial charge in [0, 0.05) is 42.7 Å². The zero-order chi connectivity index (χ0) is 22.8. The van der Waals surface area contributed by atoms with Crippen molar-refractivity contribution in [2.45, 2.75) is 44.7 Å². The standard InChI is InChI=1S/C30H30N2O/c1-5-29(6-2)30(23-14-8-7-13-22(23)25-15-9-11-19-31(25)29)24-18-17-21(3)28(33-4)27(24)26-16-10-12-20-32(26)30/h7-20H,5-6H2,1-4H3/q+2. The van der Waals surface area contributed by atoms with Gasteiger partial charge in [0.2, 0.25) is 16.9 Å². The Labute approximate surface area is 195 Å². The highest BCUT2D eigenvalue weighted by Gasteiger charge is 2.73. The van der Waals surface area contributed by atoms with Crippen molar-refractivity contribution >= 4 is 0 Å². The zero-order valence-electron chi connectivity index (χ0n) is 19.8. The van der Waals surface area contributed by atoms with Crippen molar-refractivity contribution < 1.29 is 13.9 Å². The molecule has 3 heteroatoms. The lowest BCUT2D eigenvalue weighted by molar-refractivity contribution is -0.856. The maximum absolute atomic E-state index is 6.05. The lowest BCUT2D eigenvalue weighted by Crippen LogP contribution is -2.78. The second kappa shape index (κ2) is 7.02. The molecule has 0 fully saturated rings. The summed E-state index contributed by atoms with van der Waals surface area (Å²) in [6, 6.07) is 26.7. The summed E-state index contributed by atoms with van der Waals surface area (Å²) in [6.45, 7) is 6.83. The molecule has 0 N–H and O–H groups in total. The molecule has 1 spiro atoms. The van der Waals surface area contributed by atoms with Gasteiger partial charge in [-0.25, -0.2) is 0 Å². The Morgan fingerprint density at radius 3 is 2.12 bits per heavy atom. The Kier molecular flexibility index (Phi) is 4.29. The highest BCUT2D eigenvalue weighted by Crippen LogP contribution is 2.57. The summed E-state index contributed by atoms with van der Waals surface area (Å²) < 4.78 is 11.1. The van der Waals surface area contributed by atoms with E-state index >= 15 is 0 Å². The monoisotopic (exact) mass is 434 g/mol. The molecule has 0 saturated heterocycles. The summed E-state index contributed by atoms with van der Waals surface area (Å²) in [4.78, 5) is 0. The summed E-state index contributed by atoms with van der Waals surface area (Å²) in [6.07, 6.45) is 6.55. The van der Waals surface area contributed by atoms with Gasteiger partial charge in [-0.05, 0) is 36.8 Å². The van der Waals surface area contributed by atoms with Gasteiger partial charge in [-0.15, -0.1) is 0 Å². The molecule has 4 aromatic rings. The molecule has 2 aliphatic heterocycles. The summed E-state index contributed by atoms with van der Waals surface area (Å²) >= 11 is 0. The Bertz CT molecular complexity index is 1400. The van der Waals surface area contributed by atoms with E-state index in [2.05, 4.69) is 115 Å². The van der Waals surface area contributed by atoms with E-state index < -0.39 is 0 Å². The van der Waals surface area contributed by atoms with Crippen molar-refractivity contribution in [3.8, 4) is 28.3 Å². The number of hydrogen-bond donors (Lipinski definition) is 0. The minimum atomic E-state index is -0.390. The molecule has 4 heterocycles. The first-order chi connectivity index (χ1) is 16.2. The fraction of sp³-hybridized carbons (Fsp3) is 0.267. The Balaban J connectivity index is 1.90. The van der Waals surface area contributed by atoms with Crippen LogP contribution in [-0.4, -0.2) is 7.11 Å². The third kappa shape index (κ3) is 2.20. The van der Waals surface area contributed by atoms with E-state index in [1.807, 2.05) is 0 Å². The van der Waals surface area contributed by atoms with Crippen LogP contribution in [0, 0.1) is 6.92 Å². The van der Waals surface area contributed by atoms with Crippen molar-refractivity contribution in [1.82, 2.24) is 0 Å². The number of benzene rings is 2. The summed E-state index contributed by atoms with van der Waals surface area (Å²) in [5.41, 5.74) is 8.30. The van der Waals surface area contributed by atoms with E-state index in [1.54, 1.807) is 7.11 Å². The average molecular weight is 435 g/mol. The van der Waals surface area contributed by atoms with E-state index in [9.17, 15) is 0 Å². The van der Waals surface area contributed by atoms with Crippen LogP contribution in [0.4, 0.5) is 0 Å². The number of pyridine rings is 2. The second-order valence-electron chi connectivity index (χ2n) is 9.24. The number of nitrogens with zero attached hydrogens (tertiary/aromatic N) is 2. The highest BCUT2D eigenvalue weighted by molar-refractivity contribution is 5.79. The minimum absolute atomic E-state index is 0.190. The molecule has 6 rings (SSSR count). The summed E-state index contributed by atoms with van der Waals surface area (Å²) in [5, 5.41) is 0. The topological polar surface area (TPSA) is 17.0 Å². The fourth-order valence-corrected chi connectivity index (χ4v) is 6.91. The number of hydrogen-bond acceptors (Lipinski definition) is 1. The van der Waals surface area contributed by atoms with Crippen molar-refractivity contribution in [1.29, 1.82) is 0 Å². The van der Waals surface area contributed by atoms with Crippen LogP contribution in [0.2, 0.25) is 0 Å². The van der Waals surface area contributed by atoms with E-state index in [-0.39, 0.29) is 11.1 Å². The predicted molar refractivity (Wildman–Crippen MR) is 130 cm³/mol. The molecule has 1 atom stereocenters. The zero-order valence-corrected chi connectivity index (χ0v) is 19.8. The van der Waals surface area contributed by atoms with Crippen molar-refractivity contribution in [2.24, 2.45) is 0 Å². The van der Waals surface area contributed by atoms with Gasteiger partial charge in [0.15, 0.2) is 12.4 Å². The van der Waals surface area contributed by atoms with E-state index in [0.29, 0.717) is 0 Å².